The lowest BCUT2D eigenvalue weighted by molar-refractivity contribution is -0.137. The normalized spacial score (nSPS) is 12.1. The van der Waals surface area contributed by atoms with Gasteiger partial charge in [-0.05, 0) is 59.5 Å². The number of halogens is 3. The Morgan fingerprint density at radius 2 is 1.57 bits per heavy atom. The average Bonchev–Trinajstić information content (AvgIpc) is 3.11. The van der Waals surface area contributed by atoms with Gasteiger partial charge >= 0.3 is 12.1 Å². The molecule has 0 saturated carbocycles. The standard InChI is InChI=1S/C27H24F3NO4/c1-26(2,3)16-8-10-18(11-9-16)31-22-13-12-19(34-4)15-21(22)24(23(31)25(32)33)35-20-7-5-6-17(14-20)27(28,29)30/h5-15H,1-4H3,(H,32,33). The Hall–Kier alpha value is -3.94. The quantitative estimate of drug-likeness (QED) is 0.320. The van der Waals surface area contributed by atoms with E-state index in [0.717, 1.165) is 17.7 Å². The Bertz CT molecular complexity index is 1400. The van der Waals surface area contributed by atoms with Crippen LogP contribution in [0.4, 0.5) is 13.2 Å². The molecule has 1 N–H and O–H groups in total. The van der Waals surface area contributed by atoms with Crippen LogP contribution in [-0.4, -0.2) is 22.8 Å². The predicted octanol–water partition coefficient (Wildman–Crippen LogP) is 7.45. The van der Waals surface area contributed by atoms with E-state index in [-0.39, 0.29) is 22.6 Å². The molecule has 0 spiro atoms. The van der Waals surface area contributed by atoms with Crippen LogP contribution >= 0.6 is 0 Å². The van der Waals surface area contributed by atoms with E-state index >= 15 is 0 Å². The maximum Gasteiger partial charge on any atom is 0.416 e. The molecule has 0 aliphatic rings. The maximum absolute atomic E-state index is 13.2. The second-order valence-electron chi connectivity index (χ2n) is 9.13. The van der Waals surface area contributed by atoms with Crippen LogP contribution in [0.1, 0.15) is 42.4 Å². The average molecular weight is 483 g/mol. The van der Waals surface area contributed by atoms with Crippen LogP contribution in [0.5, 0.6) is 17.2 Å². The molecule has 0 fully saturated rings. The number of benzene rings is 3. The minimum atomic E-state index is -4.57. The first-order chi connectivity index (χ1) is 16.4. The van der Waals surface area contributed by atoms with Crippen LogP contribution in [0, 0.1) is 0 Å². The summed E-state index contributed by atoms with van der Waals surface area (Å²) in [5, 5.41) is 10.6. The van der Waals surface area contributed by atoms with Gasteiger partial charge in [0, 0.05) is 11.1 Å². The molecule has 0 saturated heterocycles. The molecule has 4 rings (SSSR count). The van der Waals surface area contributed by atoms with E-state index in [1.165, 1.54) is 23.8 Å². The predicted molar refractivity (Wildman–Crippen MR) is 127 cm³/mol. The third-order valence-corrected chi connectivity index (χ3v) is 5.70. The largest absolute Gasteiger partial charge is 0.497 e. The summed E-state index contributed by atoms with van der Waals surface area (Å²) in [7, 11) is 1.47. The second-order valence-corrected chi connectivity index (χ2v) is 9.13. The van der Waals surface area contributed by atoms with Gasteiger partial charge in [-0.3, -0.25) is 0 Å². The van der Waals surface area contributed by atoms with Crippen molar-refractivity contribution in [3.8, 4) is 22.9 Å². The Morgan fingerprint density at radius 1 is 0.886 bits per heavy atom. The van der Waals surface area contributed by atoms with Crippen LogP contribution in [-0.2, 0) is 11.6 Å². The number of carboxylic acid groups (broad SMARTS) is 1. The Labute approximate surface area is 200 Å². The van der Waals surface area contributed by atoms with Crippen molar-refractivity contribution in [3.05, 3.63) is 83.6 Å². The van der Waals surface area contributed by atoms with Crippen LogP contribution < -0.4 is 9.47 Å². The number of rotatable bonds is 5. The minimum absolute atomic E-state index is 0.0781. The van der Waals surface area contributed by atoms with Gasteiger partial charge in [0.1, 0.15) is 11.5 Å². The van der Waals surface area contributed by atoms with Gasteiger partial charge in [-0.2, -0.15) is 13.2 Å². The second kappa shape index (κ2) is 8.69. The van der Waals surface area contributed by atoms with Crippen molar-refractivity contribution in [1.82, 2.24) is 4.57 Å². The van der Waals surface area contributed by atoms with Crippen molar-refractivity contribution >= 4 is 16.9 Å². The highest BCUT2D eigenvalue weighted by molar-refractivity contribution is 6.03. The fraction of sp³-hybridized carbons (Fsp3) is 0.222. The maximum atomic E-state index is 13.2. The molecule has 8 heteroatoms. The van der Waals surface area contributed by atoms with E-state index in [2.05, 4.69) is 20.8 Å². The number of nitrogens with zero attached hydrogens (tertiary/aromatic N) is 1. The summed E-state index contributed by atoms with van der Waals surface area (Å²) < 4.78 is 52.4. The molecule has 0 amide bonds. The van der Waals surface area contributed by atoms with E-state index < -0.39 is 17.7 Å². The lowest BCUT2D eigenvalue weighted by atomic mass is 9.87. The topological polar surface area (TPSA) is 60.7 Å². The molecule has 1 aromatic heterocycles. The number of alkyl halides is 3. The molecular formula is C27H24F3NO4. The van der Waals surface area contributed by atoms with Gasteiger partial charge in [0.25, 0.3) is 0 Å². The number of methoxy groups -OCH3 is 1. The van der Waals surface area contributed by atoms with Gasteiger partial charge < -0.3 is 19.1 Å². The number of hydrogen-bond donors (Lipinski definition) is 1. The number of carbonyl (C=O) groups is 1. The van der Waals surface area contributed by atoms with Crippen molar-refractivity contribution in [3.63, 3.8) is 0 Å². The molecule has 0 radical (unpaired) electrons. The zero-order chi connectivity index (χ0) is 25.5. The lowest BCUT2D eigenvalue weighted by Gasteiger charge is -2.19. The SMILES string of the molecule is COc1ccc2c(c1)c(Oc1cccc(C(F)(F)F)c1)c(C(=O)O)n2-c1ccc(C(C)(C)C)cc1. The van der Waals surface area contributed by atoms with Crippen molar-refractivity contribution in [1.29, 1.82) is 0 Å². The Balaban J connectivity index is 1.95. The molecule has 0 bridgehead atoms. The van der Waals surface area contributed by atoms with Crippen molar-refractivity contribution in [2.45, 2.75) is 32.4 Å². The Morgan fingerprint density at radius 3 is 2.14 bits per heavy atom. The fourth-order valence-electron chi connectivity index (χ4n) is 3.90. The van der Waals surface area contributed by atoms with E-state index in [4.69, 9.17) is 9.47 Å². The summed E-state index contributed by atoms with van der Waals surface area (Å²) in [5.41, 5.74) is 0.938. The molecule has 35 heavy (non-hydrogen) atoms. The number of carboxylic acids is 1. The van der Waals surface area contributed by atoms with Crippen molar-refractivity contribution in [2.75, 3.05) is 7.11 Å². The van der Waals surface area contributed by atoms with Crippen LogP contribution in [0.25, 0.3) is 16.6 Å². The van der Waals surface area contributed by atoms with Crippen molar-refractivity contribution < 1.29 is 32.5 Å². The fourth-order valence-corrected chi connectivity index (χ4v) is 3.90. The van der Waals surface area contributed by atoms with Crippen LogP contribution in [0.15, 0.2) is 66.7 Å². The third-order valence-electron chi connectivity index (χ3n) is 5.70. The number of aromatic nitrogens is 1. The number of hydrogen-bond acceptors (Lipinski definition) is 3. The minimum Gasteiger partial charge on any atom is -0.497 e. The third kappa shape index (κ3) is 4.69. The first-order valence-corrected chi connectivity index (χ1v) is 10.8. The summed E-state index contributed by atoms with van der Waals surface area (Å²) >= 11 is 0. The van der Waals surface area contributed by atoms with E-state index in [0.29, 0.717) is 22.3 Å². The molecule has 0 atom stereocenters. The summed E-state index contributed by atoms with van der Waals surface area (Å²) in [6, 6.07) is 16.8. The molecule has 0 aliphatic heterocycles. The van der Waals surface area contributed by atoms with E-state index in [1.54, 1.807) is 18.2 Å². The highest BCUT2D eigenvalue weighted by Gasteiger charge is 2.31. The van der Waals surface area contributed by atoms with Crippen LogP contribution in [0.2, 0.25) is 0 Å². The van der Waals surface area contributed by atoms with Gasteiger partial charge in [-0.15, -0.1) is 0 Å². The van der Waals surface area contributed by atoms with Crippen LogP contribution in [0.3, 0.4) is 0 Å². The van der Waals surface area contributed by atoms with Crippen molar-refractivity contribution in [2.24, 2.45) is 0 Å². The molecular weight excluding hydrogens is 459 g/mol. The van der Waals surface area contributed by atoms with Gasteiger partial charge in [0.2, 0.25) is 0 Å². The summed E-state index contributed by atoms with van der Waals surface area (Å²) in [5.74, 6) is -1.05. The van der Waals surface area contributed by atoms with Gasteiger partial charge in [-0.1, -0.05) is 39.0 Å². The molecule has 1 heterocycles. The summed E-state index contributed by atoms with van der Waals surface area (Å²) in [6.07, 6.45) is -4.57. The lowest BCUT2D eigenvalue weighted by Crippen LogP contribution is -2.12. The molecule has 182 valence electrons. The van der Waals surface area contributed by atoms with E-state index in [9.17, 15) is 23.1 Å². The Kier molecular flexibility index (Phi) is 6.00. The molecule has 0 unspecified atom stereocenters. The number of ether oxygens (including phenoxy) is 2. The zero-order valence-corrected chi connectivity index (χ0v) is 19.6. The first-order valence-electron chi connectivity index (χ1n) is 10.8. The molecule has 0 aliphatic carbocycles. The zero-order valence-electron chi connectivity index (χ0n) is 19.6. The number of fused-ring (bicyclic) bond motifs is 1. The van der Waals surface area contributed by atoms with Gasteiger partial charge in [0.05, 0.1) is 18.2 Å². The molecule has 3 aromatic carbocycles. The van der Waals surface area contributed by atoms with Gasteiger partial charge in [0.15, 0.2) is 11.4 Å². The van der Waals surface area contributed by atoms with Gasteiger partial charge in [-0.25, -0.2) is 4.79 Å². The smallest absolute Gasteiger partial charge is 0.416 e. The molecule has 4 aromatic rings. The highest BCUT2D eigenvalue weighted by atomic mass is 19.4. The molecule has 5 nitrogen and oxygen atoms in total. The summed E-state index contributed by atoms with van der Waals surface area (Å²) in [4.78, 5) is 12.5. The monoisotopic (exact) mass is 483 g/mol. The summed E-state index contributed by atoms with van der Waals surface area (Å²) in [6.45, 7) is 6.22. The first kappa shape index (κ1) is 24.2. The highest BCUT2D eigenvalue weighted by Crippen LogP contribution is 2.41. The number of aromatic carboxylic acids is 1. The van der Waals surface area contributed by atoms with E-state index in [1.807, 2.05) is 24.3 Å².